The van der Waals surface area contributed by atoms with E-state index in [0.29, 0.717) is 42.3 Å². The Morgan fingerprint density at radius 1 is 0.700 bits per heavy atom. The molecule has 50 heavy (non-hydrogen) atoms. The van der Waals surface area contributed by atoms with E-state index in [9.17, 15) is 10.1 Å². The van der Waals surface area contributed by atoms with Crippen molar-refractivity contribution in [3.05, 3.63) is 10.1 Å². The first-order valence-corrected chi connectivity index (χ1v) is 16.9. The van der Waals surface area contributed by atoms with Gasteiger partial charge < -0.3 is 51.2 Å². The Morgan fingerprint density at radius 3 is 1.56 bits per heavy atom. The molecule has 1 saturated heterocycles. The third kappa shape index (κ3) is 24.5. The standard InChI is InChI=1S/C8H13NO.C7H11NOS.C6H11NO3.C6H13NO.4CH4O.4CH4/c1-6-9-7-4-2-3-5-8(7)10-6;10-7-8-5-3-1-2-4-6(5)9-7;8-6-4-2-1-3-5(6)7(9)10;7-5-3-1-2-4-6(5)8;4*1-2;;;;/h7-8H,2-5H2,1H3;5-6H,1-4H2,(H,8,10);5-6,8H,1-4H2;5-6,8H,1-4,7H2;4*2H,1H3;4*1H4. The molecule has 5 fully saturated rings. The number of hydrogen-bond donors (Lipinski definition) is 8. The van der Waals surface area contributed by atoms with Gasteiger partial charge in [0, 0.05) is 52.7 Å². The van der Waals surface area contributed by atoms with Gasteiger partial charge in [-0.15, -0.1) is 0 Å². The fourth-order valence-electron chi connectivity index (χ4n) is 6.05. The Balaban J connectivity index is -0.000000118. The summed E-state index contributed by atoms with van der Waals surface area (Å²) in [6, 6.07) is 0.396. The maximum absolute atomic E-state index is 10.2. The molecular weight excluding hydrogens is 668 g/mol. The third-order valence-corrected chi connectivity index (χ3v) is 8.56. The van der Waals surface area contributed by atoms with Crippen LogP contribution in [-0.2, 0) is 9.47 Å². The van der Waals surface area contributed by atoms with E-state index in [4.69, 9.17) is 58.1 Å². The number of fused-ring (bicyclic) bond motifs is 2. The quantitative estimate of drug-likeness (QED) is 0.103. The number of thiocarbonyl (C=S) groups is 1. The number of aliphatic imine (C=N–C) groups is 1. The molecule has 306 valence electrons. The highest BCUT2D eigenvalue weighted by Crippen LogP contribution is 2.28. The Hall–Kier alpha value is -1.72. The number of rotatable bonds is 1. The molecule has 15 heteroatoms. The van der Waals surface area contributed by atoms with Crippen LogP contribution in [0.5, 0.6) is 0 Å². The molecule has 0 amide bonds. The van der Waals surface area contributed by atoms with Gasteiger partial charge in [0.25, 0.3) is 5.17 Å². The molecule has 14 nitrogen and oxygen atoms in total. The number of aliphatic hydroxyl groups excluding tert-OH is 6. The molecule has 0 aromatic carbocycles. The number of nitrogens with one attached hydrogen (secondary N) is 1. The molecule has 0 bridgehead atoms. The van der Waals surface area contributed by atoms with Crippen LogP contribution in [-0.4, -0.2) is 124 Å². The first-order valence-electron chi connectivity index (χ1n) is 16.5. The molecule has 2 aliphatic heterocycles. The summed E-state index contributed by atoms with van der Waals surface area (Å²) in [5, 5.41) is 60.1. The van der Waals surface area contributed by atoms with E-state index in [1.54, 1.807) is 0 Å². The van der Waals surface area contributed by atoms with E-state index in [2.05, 4.69) is 10.3 Å². The Kier molecular flexibility index (Phi) is 46.5. The summed E-state index contributed by atoms with van der Waals surface area (Å²) in [4.78, 5) is 14.2. The van der Waals surface area contributed by atoms with E-state index in [1.807, 2.05) is 6.92 Å². The number of ether oxygens (including phenoxy) is 2. The predicted molar refractivity (Wildman–Crippen MR) is 210 cm³/mol. The topological polar surface area (TPSA) is 233 Å². The van der Waals surface area contributed by atoms with Gasteiger partial charge in [-0.05, 0) is 76.4 Å². The maximum atomic E-state index is 10.2. The molecule has 8 unspecified atom stereocenters. The fourth-order valence-corrected chi connectivity index (χ4v) is 6.32. The average molecular weight is 749 g/mol. The maximum Gasteiger partial charge on any atom is 0.257 e. The van der Waals surface area contributed by atoms with Crippen molar-refractivity contribution in [2.75, 3.05) is 28.4 Å². The Morgan fingerprint density at radius 2 is 1.14 bits per heavy atom. The molecule has 0 aromatic rings. The minimum absolute atomic E-state index is 0. The molecule has 9 N–H and O–H groups in total. The molecule has 0 aromatic heterocycles. The lowest BCUT2D eigenvalue weighted by atomic mass is 9.93. The van der Waals surface area contributed by atoms with Gasteiger partial charge in [-0.1, -0.05) is 61.8 Å². The van der Waals surface area contributed by atoms with E-state index >= 15 is 0 Å². The summed E-state index contributed by atoms with van der Waals surface area (Å²) in [6.07, 6.45) is 17.2. The van der Waals surface area contributed by atoms with Crippen LogP contribution < -0.4 is 11.1 Å². The second-order valence-corrected chi connectivity index (χ2v) is 11.7. The van der Waals surface area contributed by atoms with E-state index in [0.717, 1.165) is 66.4 Å². The zero-order valence-electron chi connectivity index (χ0n) is 28.6. The molecule has 0 spiro atoms. The third-order valence-electron chi connectivity index (χ3n) is 8.35. The second kappa shape index (κ2) is 38.5. The summed E-state index contributed by atoms with van der Waals surface area (Å²) < 4.78 is 10.9. The van der Waals surface area contributed by atoms with Crippen molar-refractivity contribution >= 4 is 23.3 Å². The van der Waals surface area contributed by atoms with Crippen LogP contribution in [0.1, 0.15) is 139 Å². The first kappa shape index (κ1) is 60.4. The average Bonchev–Trinajstić information content (AvgIpc) is 3.67. The van der Waals surface area contributed by atoms with Crippen LogP contribution in [0.4, 0.5) is 0 Å². The highest BCUT2D eigenvalue weighted by Gasteiger charge is 2.34. The number of hydrogen-bond acceptors (Lipinski definition) is 13. The Labute approximate surface area is 310 Å². The number of nitrogens with two attached hydrogens (primary N) is 1. The zero-order chi connectivity index (χ0) is 35.5. The predicted octanol–water partition coefficient (Wildman–Crippen LogP) is 4.74. The molecule has 6 aliphatic rings. The van der Waals surface area contributed by atoms with E-state index in [1.165, 1.54) is 57.8 Å². The van der Waals surface area contributed by atoms with Crippen LogP contribution in [0.15, 0.2) is 4.99 Å². The first-order chi connectivity index (χ1) is 22.2. The van der Waals surface area contributed by atoms with Gasteiger partial charge in [0.1, 0.15) is 18.3 Å². The summed E-state index contributed by atoms with van der Waals surface area (Å²) in [5.74, 6) is 0.900. The van der Waals surface area contributed by atoms with Crippen molar-refractivity contribution < 1.29 is 45.0 Å². The molecule has 4 saturated carbocycles. The van der Waals surface area contributed by atoms with Gasteiger partial charge in [0.2, 0.25) is 6.04 Å². The van der Waals surface area contributed by atoms with Crippen LogP contribution >= 0.6 is 12.2 Å². The molecule has 6 rings (SSSR count). The van der Waals surface area contributed by atoms with Crippen LogP contribution in [0.2, 0.25) is 0 Å². The minimum atomic E-state index is -0.705. The van der Waals surface area contributed by atoms with Crippen LogP contribution in [0.3, 0.4) is 0 Å². The fraction of sp³-hybridized carbons (Fsp3) is 0.943. The largest absolute Gasteiger partial charge is 0.476 e. The molecular formula is C35H80N4O10S. The lowest BCUT2D eigenvalue weighted by Gasteiger charge is -2.23. The monoisotopic (exact) mass is 749 g/mol. The minimum Gasteiger partial charge on any atom is -0.476 e. The summed E-state index contributed by atoms with van der Waals surface area (Å²) in [7, 11) is 4.00. The van der Waals surface area contributed by atoms with Crippen LogP contribution in [0.25, 0.3) is 0 Å². The summed E-state index contributed by atoms with van der Waals surface area (Å²) in [5.41, 5.74) is 5.53. The summed E-state index contributed by atoms with van der Waals surface area (Å²) in [6.45, 7) is 1.96. The van der Waals surface area contributed by atoms with Gasteiger partial charge in [-0.25, -0.2) is 4.99 Å². The number of aliphatic hydroxyl groups is 6. The smallest absolute Gasteiger partial charge is 0.257 e. The molecule has 8 atom stereocenters. The second-order valence-electron chi connectivity index (χ2n) is 11.4. The van der Waals surface area contributed by atoms with Gasteiger partial charge in [-0.3, -0.25) is 10.1 Å². The van der Waals surface area contributed by atoms with Crippen molar-refractivity contribution in [3.8, 4) is 0 Å². The van der Waals surface area contributed by atoms with Crippen molar-refractivity contribution in [2.24, 2.45) is 10.7 Å². The van der Waals surface area contributed by atoms with Crippen molar-refractivity contribution in [1.29, 1.82) is 0 Å². The highest BCUT2D eigenvalue weighted by atomic mass is 32.1. The van der Waals surface area contributed by atoms with Gasteiger partial charge in [0.05, 0.1) is 18.2 Å². The molecule has 2 heterocycles. The summed E-state index contributed by atoms with van der Waals surface area (Å²) >= 11 is 4.90. The van der Waals surface area contributed by atoms with Gasteiger partial charge in [-0.2, -0.15) is 0 Å². The van der Waals surface area contributed by atoms with Gasteiger partial charge in [0.15, 0.2) is 5.90 Å². The van der Waals surface area contributed by atoms with Crippen molar-refractivity contribution in [3.63, 3.8) is 0 Å². The van der Waals surface area contributed by atoms with Crippen molar-refractivity contribution in [2.45, 2.75) is 188 Å². The normalized spacial score (nSPS) is 28.9. The van der Waals surface area contributed by atoms with Gasteiger partial charge >= 0.3 is 0 Å². The Bertz CT molecular complexity index is 775. The zero-order valence-corrected chi connectivity index (χ0v) is 29.4. The number of nitrogens with zero attached hydrogens (tertiary/aromatic N) is 2. The molecule has 4 aliphatic carbocycles. The number of nitro groups is 1. The van der Waals surface area contributed by atoms with E-state index < -0.39 is 12.1 Å². The molecule has 0 radical (unpaired) electrons. The SMILES string of the molecule is C.C.C.C.CC1=NC2CCCCC2O1.CO.CO.CO.CO.NC1CCCCC1O.O=[N+]([O-])C1CCCCC1O.S=C1NC2CCCCC2O1. The van der Waals surface area contributed by atoms with Crippen LogP contribution in [0, 0.1) is 10.1 Å². The lowest BCUT2D eigenvalue weighted by Crippen LogP contribution is -2.37. The van der Waals surface area contributed by atoms with E-state index in [-0.39, 0.29) is 46.8 Å². The van der Waals surface area contributed by atoms with Crippen molar-refractivity contribution in [1.82, 2.24) is 5.32 Å². The highest BCUT2D eigenvalue weighted by molar-refractivity contribution is 7.80. The lowest BCUT2D eigenvalue weighted by molar-refractivity contribution is -0.537.